The molecule has 1 aliphatic heterocycles. The number of carbonyl (C=O) groups excluding carboxylic acids is 1. The van der Waals surface area contributed by atoms with Crippen molar-refractivity contribution in [2.75, 3.05) is 19.6 Å². The van der Waals surface area contributed by atoms with Gasteiger partial charge in [0.2, 0.25) is 0 Å². The molecule has 2 rings (SSSR count). The molecule has 1 aliphatic rings. The van der Waals surface area contributed by atoms with Gasteiger partial charge in [0.1, 0.15) is 0 Å². The molecule has 1 aromatic carbocycles. The molecule has 96 valence electrons. The lowest BCUT2D eigenvalue weighted by Gasteiger charge is -2.14. The molecule has 2 N–H and O–H groups in total. The summed E-state index contributed by atoms with van der Waals surface area (Å²) in [4.78, 5) is 11.7. The van der Waals surface area contributed by atoms with Crippen LogP contribution in [0.4, 0.5) is 8.78 Å². The molecule has 0 radical (unpaired) electrons. The highest BCUT2D eigenvalue weighted by Gasteiger charge is 2.15. The molecule has 5 heteroatoms. The van der Waals surface area contributed by atoms with Crippen LogP contribution in [0.3, 0.4) is 0 Å². The van der Waals surface area contributed by atoms with Crippen LogP contribution in [-0.2, 0) is 0 Å². The third kappa shape index (κ3) is 2.92. The van der Waals surface area contributed by atoms with E-state index in [0.29, 0.717) is 6.54 Å². The average Bonchev–Trinajstić information content (AvgIpc) is 2.40. The number of rotatable bonds is 3. The third-order valence-corrected chi connectivity index (χ3v) is 2.83. The molecule has 0 saturated carbocycles. The van der Waals surface area contributed by atoms with Crippen molar-refractivity contribution in [3.05, 3.63) is 47.0 Å². The molecule has 0 aliphatic carbocycles. The topological polar surface area (TPSA) is 41.1 Å². The Balaban J connectivity index is 1.99. The summed E-state index contributed by atoms with van der Waals surface area (Å²) in [5.74, 6) is -2.70. The Kier molecular flexibility index (Phi) is 4.04. The first-order chi connectivity index (χ1) is 8.68. The second-order valence-corrected chi connectivity index (χ2v) is 4.10. The zero-order valence-corrected chi connectivity index (χ0v) is 9.80. The largest absolute Gasteiger partial charge is 0.348 e. The molecule has 0 saturated heterocycles. The Morgan fingerprint density at radius 3 is 2.94 bits per heavy atom. The van der Waals surface area contributed by atoms with Crippen molar-refractivity contribution in [3.8, 4) is 0 Å². The van der Waals surface area contributed by atoms with Gasteiger partial charge < -0.3 is 10.6 Å². The van der Waals surface area contributed by atoms with Gasteiger partial charge in [0.25, 0.3) is 5.91 Å². The zero-order valence-electron chi connectivity index (χ0n) is 9.80. The first-order valence-electron chi connectivity index (χ1n) is 5.79. The van der Waals surface area contributed by atoms with Gasteiger partial charge in [-0.1, -0.05) is 17.7 Å². The molecule has 1 heterocycles. The standard InChI is InChI=1S/C13H14F2N2O/c14-11-3-1-2-10(12(11)15)13(18)17-8-9-4-6-16-7-5-9/h1-4,16H,5-8H2,(H,17,18). The fourth-order valence-corrected chi connectivity index (χ4v) is 1.80. The van der Waals surface area contributed by atoms with Gasteiger partial charge in [0.15, 0.2) is 11.6 Å². The van der Waals surface area contributed by atoms with Crippen LogP contribution in [0.1, 0.15) is 16.8 Å². The maximum absolute atomic E-state index is 13.4. The number of benzene rings is 1. The van der Waals surface area contributed by atoms with Gasteiger partial charge >= 0.3 is 0 Å². The number of carbonyl (C=O) groups is 1. The molecular weight excluding hydrogens is 238 g/mol. The summed E-state index contributed by atoms with van der Waals surface area (Å²) in [6.45, 7) is 2.02. The van der Waals surface area contributed by atoms with E-state index < -0.39 is 17.5 Å². The molecule has 1 amide bonds. The van der Waals surface area contributed by atoms with Crippen LogP contribution in [0.5, 0.6) is 0 Å². The molecule has 0 aromatic heterocycles. The number of hydrogen-bond acceptors (Lipinski definition) is 2. The SMILES string of the molecule is O=C(NCC1=CCNCC1)c1cccc(F)c1F. The predicted molar refractivity (Wildman–Crippen MR) is 64.3 cm³/mol. The minimum Gasteiger partial charge on any atom is -0.348 e. The third-order valence-electron chi connectivity index (χ3n) is 2.83. The van der Waals surface area contributed by atoms with E-state index in [-0.39, 0.29) is 5.56 Å². The van der Waals surface area contributed by atoms with Crippen LogP contribution in [0, 0.1) is 11.6 Å². The molecule has 18 heavy (non-hydrogen) atoms. The first kappa shape index (κ1) is 12.7. The van der Waals surface area contributed by atoms with E-state index in [9.17, 15) is 13.6 Å². The van der Waals surface area contributed by atoms with E-state index in [1.807, 2.05) is 6.08 Å². The van der Waals surface area contributed by atoms with Gasteiger partial charge in [-0.05, 0) is 25.1 Å². The highest BCUT2D eigenvalue weighted by atomic mass is 19.2. The maximum Gasteiger partial charge on any atom is 0.254 e. The van der Waals surface area contributed by atoms with E-state index in [4.69, 9.17) is 0 Å². The van der Waals surface area contributed by atoms with Gasteiger partial charge in [-0.25, -0.2) is 8.78 Å². The average molecular weight is 252 g/mol. The monoisotopic (exact) mass is 252 g/mol. The Morgan fingerprint density at radius 2 is 2.22 bits per heavy atom. The molecule has 0 atom stereocenters. The van der Waals surface area contributed by atoms with E-state index >= 15 is 0 Å². The lowest BCUT2D eigenvalue weighted by Crippen LogP contribution is -2.30. The minimum atomic E-state index is -1.10. The lowest BCUT2D eigenvalue weighted by atomic mass is 10.1. The molecule has 3 nitrogen and oxygen atoms in total. The van der Waals surface area contributed by atoms with Crippen molar-refractivity contribution in [1.82, 2.24) is 10.6 Å². The second-order valence-electron chi connectivity index (χ2n) is 4.10. The van der Waals surface area contributed by atoms with Gasteiger partial charge in [-0.2, -0.15) is 0 Å². The lowest BCUT2D eigenvalue weighted by molar-refractivity contribution is 0.0951. The van der Waals surface area contributed by atoms with Crippen LogP contribution < -0.4 is 10.6 Å². The Bertz CT molecular complexity index is 486. The molecule has 1 aromatic rings. The smallest absolute Gasteiger partial charge is 0.254 e. The van der Waals surface area contributed by atoms with Crippen molar-refractivity contribution in [1.29, 1.82) is 0 Å². The predicted octanol–water partition coefficient (Wildman–Crippen LogP) is 1.61. The number of halogens is 2. The van der Waals surface area contributed by atoms with Crippen LogP contribution in [0.2, 0.25) is 0 Å². The van der Waals surface area contributed by atoms with Crippen molar-refractivity contribution >= 4 is 5.91 Å². The highest BCUT2D eigenvalue weighted by molar-refractivity contribution is 5.94. The number of hydrogen-bond donors (Lipinski definition) is 2. The highest BCUT2D eigenvalue weighted by Crippen LogP contribution is 2.11. The Hall–Kier alpha value is -1.75. The van der Waals surface area contributed by atoms with Crippen molar-refractivity contribution in [2.45, 2.75) is 6.42 Å². The summed E-state index contributed by atoms with van der Waals surface area (Å²) in [6.07, 6.45) is 2.84. The fourth-order valence-electron chi connectivity index (χ4n) is 1.80. The molecule has 0 unspecified atom stereocenters. The summed E-state index contributed by atoms with van der Waals surface area (Å²) in [5.41, 5.74) is 0.837. The van der Waals surface area contributed by atoms with Crippen molar-refractivity contribution < 1.29 is 13.6 Å². The molecular formula is C13H14F2N2O. The van der Waals surface area contributed by atoms with E-state index in [2.05, 4.69) is 10.6 Å². The van der Waals surface area contributed by atoms with Crippen molar-refractivity contribution in [2.24, 2.45) is 0 Å². The second kappa shape index (κ2) is 5.73. The van der Waals surface area contributed by atoms with Gasteiger partial charge in [0.05, 0.1) is 5.56 Å². The summed E-state index contributed by atoms with van der Waals surface area (Å²) >= 11 is 0. The van der Waals surface area contributed by atoms with Gasteiger partial charge in [-0.3, -0.25) is 4.79 Å². The molecule has 0 bridgehead atoms. The summed E-state index contributed by atoms with van der Waals surface area (Å²) < 4.78 is 26.3. The minimum absolute atomic E-state index is 0.260. The fraction of sp³-hybridized carbons (Fsp3) is 0.308. The number of nitrogens with one attached hydrogen (secondary N) is 2. The number of amides is 1. The zero-order chi connectivity index (χ0) is 13.0. The van der Waals surface area contributed by atoms with Gasteiger partial charge in [0, 0.05) is 13.1 Å². The quantitative estimate of drug-likeness (QED) is 0.802. The Morgan fingerprint density at radius 1 is 1.39 bits per heavy atom. The normalized spacial score (nSPS) is 15.1. The van der Waals surface area contributed by atoms with Gasteiger partial charge in [-0.15, -0.1) is 0 Å². The van der Waals surface area contributed by atoms with Crippen LogP contribution in [0.15, 0.2) is 29.8 Å². The van der Waals surface area contributed by atoms with E-state index in [1.54, 1.807) is 0 Å². The summed E-state index contributed by atoms with van der Waals surface area (Å²) in [5, 5.41) is 5.75. The summed E-state index contributed by atoms with van der Waals surface area (Å²) in [6, 6.07) is 3.57. The first-order valence-corrected chi connectivity index (χ1v) is 5.79. The molecule has 0 fully saturated rings. The van der Waals surface area contributed by atoms with Crippen LogP contribution >= 0.6 is 0 Å². The Labute approximate surface area is 104 Å². The van der Waals surface area contributed by atoms with Crippen LogP contribution in [0.25, 0.3) is 0 Å². The van der Waals surface area contributed by atoms with Crippen molar-refractivity contribution in [3.63, 3.8) is 0 Å². The maximum atomic E-state index is 13.4. The van der Waals surface area contributed by atoms with Crippen LogP contribution in [-0.4, -0.2) is 25.5 Å². The summed E-state index contributed by atoms with van der Waals surface area (Å²) in [7, 11) is 0. The van der Waals surface area contributed by atoms with E-state index in [1.165, 1.54) is 12.1 Å². The molecule has 0 spiro atoms. The van der Waals surface area contributed by atoms with E-state index in [0.717, 1.165) is 31.1 Å².